The minimum Gasteiger partial charge on any atom is -0.465 e. The molecule has 0 N–H and O–H groups in total. The number of fused-ring (bicyclic) bond motifs is 2. The van der Waals surface area contributed by atoms with Crippen molar-refractivity contribution in [3.05, 3.63) is 0 Å². The smallest absolute Gasteiger partial charge is 0.405 e. The summed E-state index contributed by atoms with van der Waals surface area (Å²) in [6.07, 6.45) is -4.42. The first-order chi connectivity index (χ1) is 11.0. The van der Waals surface area contributed by atoms with Crippen molar-refractivity contribution in [1.29, 1.82) is 0 Å². The second-order valence-electron chi connectivity index (χ2n) is 7.98. The Labute approximate surface area is 139 Å². The van der Waals surface area contributed by atoms with Crippen LogP contribution < -0.4 is 0 Å². The highest BCUT2D eigenvalue weighted by Gasteiger charge is 2.73. The fourth-order valence-corrected chi connectivity index (χ4v) is 4.94. The number of esters is 2. The van der Waals surface area contributed by atoms with Crippen LogP contribution in [0.1, 0.15) is 46.5 Å². The van der Waals surface area contributed by atoms with Crippen molar-refractivity contribution in [1.82, 2.24) is 0 Å². The van der Waals surface area contributed by atoms with Crippen LogP contribution in [0.15, 0.2) is 0 Å². The van der Waals surface area contributed by atoms with Gasteiger partial charge in [0.2, 0.25) is 0 Å². The van der Waals surface area contributed by atoms with Gasteiger partial charge in [-0.05, 0) is 43.4 Å². The zero-order chi connectivity index (χ0) is 17.9. The van der Waals surface area contributed by atoms with Crippen molar-refractivity contribution in [3.8, 4) is 0 Å². The van der Waals surface area contributed by atoms with Crippen LogP contribution >= 0.6 is 0 Å². The number of ether oxygens (including phenoxy) is 2. The number of rotatable bonds is 2. The van der Waals surface area contributed by atoms with E-state index in [1.165, 1.54) is 6.92 Å². The Balaban J connectivity index is 1.89. The number of hydrogen-bond donors (Lipinski definition) is 0. The average Bonchev–Trinajstić information content (AvgIpc) is 2.96. The summed E-state index contributed by atoms with van der Waals surface area (Å²) in [7, 11) is 0. The van der Waals surface area contributed by atoms with E-state index in [1.807, 2.05) is 6.92 Å². The summed E-state index contributed by atoms with van der Waals surface area (Å²) in [6.45, 7) is 5.32. The van der Waals surface area contributed by atoms with Gasteiger partial charge in [0.1, 0.15) is 5.60 Å². The lowest BCUT2D eigenvalue weighted by molar-refractivity contribution is -0.261. The van der Waals surface area contributed by atoms with Crippen LogP contribution in [0.2, 0.25) is 0 Å². The highest BCUT2D eigenvalue weighted by atomic mass is 19.4. The number of cyclic esters (lactones) is 1. The first-order valence-corrected chi connectivity index (χ1v) is 8.46. The molecule has 2 aliphatic carbocycles. The van der Waals surface area contributed by atoms with Gasteiger partial charge in [-0.2, -0.15) is 13.2 Å². The van der Waals surface area contributed by atoms with Crippen LogP contribution in [-0.4, -0.2) is 30.3 Å². The van der Waals surface area contributed by atoms with Gasteiger partial charge in [0.15, 0.2) is 5.41 Å². The predicted octanol–water partition coefficient (Wildman–Crippen LogP) is 3.49. The molecule has 3 aliphatic rings. The summed E-state index contributed by atoms with van der Waals surface area (Å²) >= 11 is 0. The molecule has 24 heavy (non-hydrogen) atoms. The normalized spacial score (nSPS) is 45.2. The van der Waals surface area contributed by atoms with Crippen molar-refractivity contribution in [3.63, 3.8) is 0 Å². The molecule has 0 spiro atoms. The second kappa shape index (κ2) is 5.36. The average molecular weight is 348 g/mol. The molecule has 4 nitrogen and oxygen atoms in total. The molecule has 0 aromatic heterocycles. The largest absolute Gasteiger partial charge is 0.465 e. The van der Waals surface area contributed by atoms with Gasteiger partial charge in [-0.25, -0.2) is 0 Å². The second-order valence-corrected chi connectivity index (χ2v) is 7.98. The Morgan fingerprint density at radius 2 is 1.96 bits per heavy atom. The minimum absolute atomic E-state index is 0.0567. The van der Waals surface area contributed by atoms with E-state index in [4.69, 9.17) is 9.47 Å². The van der Waals surface area contributed by atoms with Crippen LogP contribution in [0.3, 0.4) is 0 Å². The molecule has 2 saturated carbocycles. The zero-order valence-corrected chi connectivity index (χ0v) is 14.1. The molecule has 0 aromatic carbocycles. The molecule has 7 heteroatoms. The molecule has 0 aromatic rings. The van der Waals surface area contributed by atoms with E-state index in [-0.39, 0.29) is 43.6 Å². The number of halogens is 3. The first kappa shape index (κ1) is 17.5. The van der Waals surface area contributed by atoms with E-state index >= 15 is 0 Å². The van der Waals surface area contributed by atoms with E-state index in [0.29, 0.717) is 6.42 Å². The van der Waals surface area contributed by atoms with Gasteiger partial charge in [0, 0.05) is 6.42 Å². The molecule has 6 unspecified atom stereocenters. The molecule has 1 saturated heterocycles. The SMILES string of the molecule is CC1C2CC(C1C)C(C(=O)OC1(C)CCOC(=O)C1)(C(F)(F)F)C2. The van der Waals surface area contributed by atoms with Crippen molar-refractivity contribution < 1.29 is 32.2 Å². The highest BCUT2D eigenvalue weighted by molar-refractivity contribution is 5.80. The van der Waals surface area contributed by atoms with E-state index < -0.39 is 35.0 Å². The molecule has 1 aliphatic heterocycles. The summed E-state index contributed by atoms with van der Waals surface area (Å²) in [4.78, 5) is 24.2. The summed E-state index contributed by atoms with van der Waals surface area (Å²) in [5.41, 5.74) is -3.66. The van der Waals surface area contributed by atoms with Gasteiger partial charge >= 0.3 is 18.1 Å². The third-order valence-corrected chi connectivity index (χ3v) is 6.60. The fourth-order valence-electron chi connectivity index (χ4n) is 4.94. The number of carbonyl (C=O) groups is 2. The lowest BCUT2D eigenvalue weighted by atomic mass is 9.65. The molecule has 2 bridgehead atoms. The Hall–Kier alpha value is -1.27. The Morgan fingerprint density at radius 1 is 1.29 bits per heavy atom. The molecule has 136 valence electrons. The minimum atomic E-state index is -4.65. The number of carbonyl (C=O) groups excluding carboxylic acids is 2. The van der Waals surface area contributed by atoms with Gasteiger partial charge < -0.3 is 9.47 Å². The van der Waals surface area contributed by atoms with Crippen molar-refractivity contribution >= 4 is 11.9 Å². The molecule has 6 atom stereocenters. The molecular weight excluding hydrogens is 325 g/mol. The van der Waals surface area contributed by atoms with Crippen molar-refractivity contribution in [2.75, 3.05) is 6.61 Å². The molecule has 1 heterocycles. The lowest BCUT2D eigenvalue weighted by Crippen LogP contribution is -2.55. The summed E-state index contributed by atoms with van der Waals surface area (Å²) in [6, 6.07) is 0. The standard InChI is InChI=1S/C17H23F3O4/c1-9-10(2)12-6-11(9)7-16(12,17(18,19)20)14(22)24-15(3)4-5-23-13(21)8-15/h9-12H,4-8H2,1-3H3. The third kappa shape index (κ3) is 2.42. The van der Waals surface area contributed by atoms with Gasteiger partial charge in [0.05, 0.1) is 13.0 Å². The third-order valence-electron chi connectivity index (χ3n) is 6.60. The molecule has 3 rings (SSSR count). The molecule has 0 radical (unpaired) electrons. The van der Waals surface area contributed by atoms with Gasteiger partial charge in [-0.1, -0.05) is 13.8 Å². The van der Waals surface area contributed by atoms with E-state index in [1.54, 1.807) is 6.92 Å². The zero-order valence-electron chi connectivity index (χ0n) is 14.1. The van der Waals surface area contributed by atoms with Crippen LogP contribution in [-0.2, 0) is 19.1 Å². The maximum absolute atomic E-state index is 14.0. The Morgan fingerprint density at radius 3 is 2.46 bits per heavy atom. The van der Waals surface area contributed by atoms with Crippen molar-refractivity contribution in [2.24, 2.45) is 29.1 Å². The predicted molar refractivity (Wildman–Crippen MR) is 77.7 cm³/mol. The van der Waals surface area contributed by atoms with E-state index in [9.17, 15) is 22.8 Å². The summed E-state index contributed by atoms with van der Waals surface area (Å²) < 4.78 is 52.1. The number of hydrogen-bond acceptors (Lipinski definition) is 4. The highest BCUT2D eigenvalue weighted by Crippen LogP contribution is 2.66. The van der Waals surface area contributed by atoms with Gasteiger partial charge in [0.25, 0.3) is 0 Å². The number of alkyl halides is 3. The van der Waals surface area contributed by atoms with Gasteiger partial charge in [-0.15, -0.1) is 0 Å². The first-order valence-electron chi connectivity index (χ1n) is 8.46. The monoisotopic (exact) mass is 348 g/mol. The quantitative estimate of drug-likeness (QED) is 0.717. The summed E-state index contributed by atoms with van der Waals surface area (Å²) in [5, 5.41) is 0. The Kier molecular flexibility index (Phi) is 3.92. The lowest BCUT2D eigenvalue weighted by Gasteiger charge is -2.44. The maximum atomic E-state index is 14.0. The van der Waals surface area contributed by atoms with E-state index in [0.717, 1.165) is 0 Å². The topological polar surface area (TPSA) is 52.6 Å². The van der Waals surface area contributed by atoms with Crippen LogP contribution in [0, 0.1) is 29.1 Å². The molecule has 3 fully saturated rings. The van der Waals surface area contributed by atoms with Crippen LogP contribution in [0.5, 0.6) is 0 Å². The van der Waals surface area contributed by atoms with Crippen LogP contribution in [0.4, 0.5) is 13.2 Å². The maximum Gasteiger partial charge on any atom is 0.405 e. The molecule has 0 amide bonds. The summed E-state index contributed by atoms with van der Waals surface area (Å²) in [5.74, 6) is -2.61. The van der Waals surface area contributed by atoms with Crippen LogP contribution in [0.25, 0.3) is 0 Å². The van der Waals surface area contributed by atoms with Gasteiger partial charge in [-0.3, -0.25) is 9.59 Å². The van der Waals surface area contributed by atoms with Crippen molar-refractivity contribution in [2.45, 2.75) is 58.2 Å². The van der Waals surface area contributed by atoms with E-state index in [2.05, 4.69) is 0 Å². The Bertz CT molecular complexity index is 559. The molecular formula is C17H23F3O4. The fraction of sp³-hybridized carbons (Fsp3) is 0.882.